The normalized spacial score (nSPS) is 11.1. The summed E-state index contributed by atoms with van der Waals surface area (Å²) in [6.45, 7) is 11.0. The van der Waals surface area contributed by atoms with Crippen LogP contribution < -0.4 is 5.32 Å². The highest BCUT2D eigenvalue weighted by Gasteiger charge is 2.04. The molecule has 0 atom stereocenters. The first-order chi connectivity index (χ1) is 9.31. The minimum atomic E-state index is 0.806. The number of aromatic nitrogens is 2. The van der Waals surface area contributed by atoms with Crippen molar-refractivity contribution in [3.8, 4) is 0 Å². The number of nitrogens with zero attached hydrogens (tertiary/aromatic N) is 2. The third kappa shape index (κ3) is 6.21. The van der Waals surface area contributed by atoms with Crippen molar-refractivity contribution >= 4 is 0 Å². The summed E-state index contributed by atoms with van der Waals surface area (Å²) >= 11 is 0. The third-order valence-corrected chi connectivity index (χ3v) is 3.20. The van der Waals surface area contributed by atoms with E-state index in [4.69, 9.17) is 4.74 Å². The fourth-order valence-corrected chi connectivity index (χ4v) is 1.97. The van der Waals surface area contributed by atoms with Crippen LogP contribution in [0.4, 0.5) is 0 Å². The molecule has 0 saturated heterocycles. The van der Waals surface area contributed by atoms with E-state index in [0.717, 1.165) is 52.1 Å². The van der Waals surface area contributed by atoms with Crippen molar-refractivity contribution in [2.45, 2.75) is 53.0 Å². The van der Waals surface area contributed by atoms with Gasteiger partial charge in [-0.1, -0.05) is 27.2 Å². The first-order valence-corrected chi connectivity index (χ1v) is 7.65. The maximum atomic E-state index is 5.51. The summed E-state index contributed by atoms with van der Waals surface area (Å²) in [4.78, 5) is 0. The van der Waals surface area contributed by atoms with E-state index in [1.54, 1.807) is 0 Å². The topological polar surface area (TPSA) is 39.1 Å². The molecule has 1 heterocycles. The van der Waals surface area contributed by atoms with Crippen LogP contribution in [0.25, 0.3) is 0 Å². The molecule has 1 N–H and O–H groups in total. The van der Waals surface area contributed by atoms with E-state index >= 15 is 0 Å². The van der Waals surface area contributed by atoms with E-state index < -0.39 is 0 Å². The summed E-state index contributed by atoms with van der Waals surface area (Å²) in [5.74, 6) is 0. The molecule has 4 nitrogen and oxygen atoms in total. The molecule has 0 aromatic carbocycles. The lowest BCUT2D eigenvalue weighted by molar-refractivity contribution is 0.133. The van der Waals surface area contributed by atoms with Crippen LogP contribution in [0, 0.1) is 0 Å². The summed E-state index contributed by atoms with van der Waals surface area (Å²) in [5, 5.41) is 8.01. The number of ether oxygens (including phenoxy) is 1. The van der Waals surface area contributed by atoms with Gasteiger partial charge in [-0.3, -0.25) is 4.68 Å². The van der Waals surface area contributed by atoms with Gasteiger partial charge < -0.3 is 10.1 Å². The second-order valence-corrected chi connectivity index (χ2v) is 4.77. The molecule has 0 radical (unpaired) electrons. The van der Waals surface area contributed by atoms with E-state index in [2.05, 4.69) is 41.9 Å². The van der Waals surface area contributed by atoms with Crippen LogP contribution in [0.5, 0.6) is 0 Å². The van der Waals surface area contributed by atoms with Gasteiger partial charge in [0.15, 0.2) is 0 Å². The molecule has 0 bridgehead atoms. The van der Waals surface area contributed by atoms with Gasteiger partial charge in [0.2, 0.25) is 0 Å². The van der Waals surface area contributed by atoms with Gasteiger partial charge in [-0.25, -0.2) is 0 Å². The monoisotopic (exact) mass is 267 g/mol. The van der Waals surface area contributed by atoms with Crippen LogP contribution in [0.2, 0.25) is 0 Å². The highest BCUT2D eigenvalue weighted by Crippen LogP contribution is 2.05. The molecule has 0 aliphatic rings. The Hall–Kier alpha value is -0.870. The zero-order valence-electron chi connectivity index (χ0n) is 12.7. The highest BCUT2D eigenvalue weighted by molar-refractivity contribution is 5.10. The SMILES string of the molecule is CCCCOCCNCCn1nc(CC)cc1CC. The molecule has 0 aliphatic heterocycles. The molecule has 1 aromatic rings. The number of nitrogens with one attached hydrogen (secondary N) is 1. The Kier molecular flexibility index (Phi) is 8.50. The van der Waals surface area contributed by atoms with Crippen molar-refractivity contribution in [3.63, 3.8) is 0 Å². The minimum Gasteiger partial charge on any atom is -0.380 e. The van der Waals surface area contributed by atoms with Crippen LogP contribution >= 0.6 is 0 Å². The molecular formula is C15H29N3O. The van der Waals surface area contributed by atoms with Crippen LogP contribution in [-0.4, -0.2) is 36.1 Å². The van der Waals surface area contributed by atoms with Gasteiger partial charge in [0.05, 0.1) is 18.8 Å². The van der Waals surface area contributed by atoms with Crippen LogP contribution in [0.15, 0.2) is 6.07 Å². The Balaban J connectivity index is 2.13. The molecule has 0 saturated carbocycles. The maximum Gasteiger partial charge on any atom is 0.0624 e. The van der Waals surface area contributed by atoms with Gasteiger partial charge in [-0.2, -0.15) is 5.10 Å². The van der Waals surface area contributed by atoms with Crippen molar-refractivity contribution in [1.82, 2.24) is 15.1 Å². The van der Waals surface area contributed by atoms with Gasteiger partial charge in [0.25, 0.3) is 0 Å². The second kappa shape index (κ2) is 9.98. The first kappa shape index (κ1) is 16.2. The third-order valence-electron chi connectivity index (χ3n) is 3.20. The van der Waals surface area contributed by atoms with Gasteiger partial charge in [0, 0.05) is 25.4 Å². The zero-order valence-corrected chi connectivity index (χ0v) is 12.7. The van der Waals surface area contributed by atoms with Crippen LogP contribution in [0.3, 0.4) is 0 Å². The molecule has 1 rings (SSSR count). The zero-order chi connectivity index (χ0) is 13.9. The van der Waals surface area contributed by atoms with E-state index in [0.29, 0.717) is 0 Å². The highest BCUT2D eigenvalue weighted by atomic mass is 16.5. The van der Waals surface area contributed by atoms with Gasteiger partial charge >= 0.3 is 0 Å². The maximum absolute atomic E-state index is 5.51. The number of hydrogen-bond acceptors (Lipinski definition) is 3. The number of unbranched alkanes of at least 4 members (excludes halogenated alkanes) is 1. The van der Waals surface area contributed by atoms with Crippen molar-refractivity contribution in [1.29, 1.82) is 0 Å². The largest absolute Gasteiger partial charge is 0.380 e. The van der Waals surface area contributed by atoms with Crippen LogP contribution in [0.1, 0.15) is 45.0 Å². The molecular weight excluding hydrogens is 238 g/mol. The van der Waals surface area contributed by atoms with E-state index in [9.17, 15) is 0 Å². The first-order valence-electron chi connectivity index (χ1n) is 7.65. The fourth-order valence-electron chi connectivity index (χ4n) is 1.97. The standard InChI is InChI=1S/C15H29N3O/c1-4-7-11-19-12-9-16-8-10-18-15(6-3)13-14(5-2)17-18/h13,16H,4-12H2,1-3H3. The lowest BCUT2D eigenvalue weighted by Crippen LogP contribution is -2.25. The molecule has 1 aromatic heterocycles. The van der Waals surface area contributed by atoms with Crippen molar-refractivity contribution in [2.75, 3.05) is 26.3 Å². The lowest BCUT2D eigenvalue weighted by Gasteiger charge is -2.08. The summed E-state index contributed by atoms with van der Waals surface area (Å²) in [5.41, 5.74) is 2.53. The average Bonchev–Trinajstić information content (AvgIpc) is 2.84. The summed E-state index contributed by atoms with van der Waals surface area (Å²) in [7, 11) is 0. The number of aryl methyl sites for hydroxylation is 2. The Morgan fingerprint density at radius 2 is 2.00 bits per heavy atom. The average molecular weight is 267 g/mol. The van der Waals surface area contributed by atoms with Gasteiger partial charge in [-0.15, -0.1) is 0 Å². The molecule has 19 heavy (non-hydrogen) atoms. The predicted molar refractivity (Wildman–Crippen MR) is 79.6 cm³/mol. The summed E-state index contributed by atoms with van der Waals surface area (Å²) in [6, 6.07) is 2.22. The lowest BCUT2D eigenvalue weighted by atomic mass is 10.3. The summed E-state index contributed by atoms with van der Waals surface area (Å²) < 4.78 is 7.64. The molecule has 110 valence electrons. The van der Waals surface area contributed by atoms with Crippen molar-refractivity contribution in [2.24, 2.45) is 0 Å². The van der Waals surface area contributed by atoms with Gasteiger partial charge in [0.1, 0.15) is 0 Å². The van der Waals surface area contributed by atoms with E-state index in [1.165, 1.54) is 17.8 Å². The molecule has 0 unspecified atom stereocenters. The quantitative estimate of drug-likeness (QED) is 0.626. The van der Waals surface area contributed by atoms with Gasteiger partial charge in [-0.05, 0) is 25.3 Å². The van der Waals surface area contributed by atoms with E-state index in [1.807, 2.05) is 0 Å². The van der Waals surface area contributed by atoms with Crippen molar-refractivity contribution in [3.05, 3.63) is 17.5 Å². The molecule has 0 spiro atoms. The summed E-state index contributed by atoms with van der Waals surface area (Å²) in [6.07, 6.45) is 4.42. The predicted octanol–water partition coefficient (Wildman–Crippen LogP) is 2.41. The Morgan fingerprint density at radius 3 is 2.68 bits per heavy atom. The smallest absolute Gasteiger partial charge is 0.0624 e. The Labute approximate surface area is 117 Å². The Morgan fingerprint density at radius 1 is 1.16 bits per heavy atom. The molecule has 0 aliphatic carbocycles. The Bertz CT molecular complexity index is 336. The van der Waals surface area contributed by atoms with Crippen molar-refractivity contribution < 1.29 is 4.74 Å². The minimum absolute atomic E-state index is 0.806. The molecule has 4 heteroatoms. The molecule has 0 amide bonds. The molecule has 0 fully saturated rings. The number of hydrogen-bond donors (Lipinski definition) is 1. The van der Waals surface area contributed by atoms with Crippen LogP contribution in [-0.2, 0) is 24.1 Å². The fraction of sp³-hybridized carbons (Fsp3) is 0.800. The number of rotatable bonds is 11. The van der Waals surface area contributed by atoms with E-state index in [-0.39, 0.29) is 0 Å². The second-order valence-electron chi connectivity index (χ2n) is 4.77.